The molecule has 0 saturated carbocycles. The molecular formula is C13H28N2. The summed E-state index contributed by atoms with van der Waals surface area (Å²) in [5.41, 5.74) is 0. The molecule has 0 aliphatic carbocycles. The first-order valence-corrected chi connectivity index (χ1v) is 6.91. The van der Waals surface area contributed by atoms with Crippen LogP contribution in [0.15, 0.2) is 0 Å². The number of hydrogen-bond donors (Lipinski definition) is 2. The van der Waals surface area contributed by atoms with Crippen molar-refractivity contribution in [2.75, 3.05) is 19.8 Å². The molecule has 2 heteroatoms. The van der Waals surface area contributed by atoms with Gasteiger partial charge in [0.15, 0.2) is 0 Å². The van der Waals surface area contributed by atoms with Crippen LogP contribution in [0, 0.1) is 0 Å². The molecule has 1 aliphatic heterocycles. The second-order valence-electron chi connectivity index (χ2n) is 4.71. The summed E-state index contributed by atoms with van der Waals surface area (Å²) in [7, 11) is 0. The summed E-state index contributed by atoms with van der Waals surface area (Å²) in [4.78, 5) is 0. The Morgan fingerprint density at radius 3 is 1.13 bits per heavy atom. The minimum Gasteiger partial charge on any atom is -0.304 e. The molecule has 2 N–H and O–H groups in total. The maximum Gasteiger partial charge on any atom is 0.0454 e. The molecular weight excluding hydrogens is 184 g/mol. The van der Waals surface area contributed by atoms with Gasteiger partial charge in [0.2, 0.25) is 0 Å². The molecule has 1 fully saturated rings. The third-order valence-electron chi connectivity index (χ3n) is 3.21. The van der Waals surface area contributed by atoms with Gasteiger partial charge < -0.3 is 10.6 Å². The van der Waals surface area contributed by atoms with Gasteiger partial charge in [0.1, 0.15) is 0 Å². The maximum absolute atomic E-state index is 3.44. The largest absolute Gasteiger partial charge is 0.304 e. The lowest BCUT2D eigenvalue weighted by atomic mass is 10.1. The highest BCUT2D eigenvalue weighted by Crippen LogP contribution is 2.10. The normalized spacial score (nSPS) is 24.0. The van der Waals surface area contributed by atoms with Gasteiger partial charge in [-0.15, -0.1) is 0 Å². The van der Waals surface area contributed by atoms with Gasteiger partial charge in [-0.1, -0.05) is 51.4 Å². The van der Waals surface area contributed by atoms with E-state index in [1.54, 1.807) is 0 Å². The van der Waals surface area contributed by atoms with Crippen LogP contribution in [0.25, 0.3) is 0 Å². The lowest BCUT2D eigenvalue weighted by Gasteiger charge is -2.06. The second kappa shape index (κ2) is 10.4. The van der Waals surface area contributed by atoms with Crippen molar-refractivity contribution in [3.05, 3.63) is 0 Å². The van der Waals surface area contributed by atoms with Crippen LogP contribution in [0.3, 0.4) is 0 Å². The molecule has 0 aromatic carbocycles. The summed E-state index contributed by atoms with van der Waals surface area (Å²) < 4.78 is 0. The van der Waals surface area contributed by atoms with Crippen molar-refractivity contribution in [1.82, 2.24) is 10.6 Å². The molecule has 0 radical (unpaired) electrons. The van der Waals surface area contributed by atoms with Crippen LogP contribution >= 0.6 is 0 Å². The smallest absolute Gasteiger partial charge is 0.0454 e. The SMILES string of the molecule is C1CCCCCCNCNCCCCC1. The molecule has 15 heavy (non-hydrogen) atoms. The van der Waals surface area contributed by atoms with Gasteiger partial charge in [-0.3, -0.25) is 0 Å². The van der Waals surface area contributed by atoms with Gasteiger partial charge in [-0.2, -0.15) is 0 Å². The Kier molecular flexibility index (Phi) is 9.04. The summed E-state index contributed by atoms with van der Waals surface area (Å²) in [5.74, 6) is 0. The summed E-state index contributed by atoms with van der Waals surface area (Å²) in [6.45, 7) is 3.38. The van der Waals surface area contributed by atoms with E-state index in [0.717, 1.165) is 6.67 Å². The van der Waals surface area contributed by atoms with Gasteiger partial charge in [-0.25, -0.2) is 0 Å². The molecule has 1 aliphatic rings. The van der Waals surface area contributed by atoms with Gasteiger partial charge in [0, 0.05) is 6.67 Å². The molecule has 0 atom stereocenters. The summed E-state index contributed by atoms with van der Waals surface area (Å²) in [6, 6.07) is 0. The fourth-order valence-electron chi connectivity index (χ4n) is 2.18. The van der Waals surface area contributed by atoms with Gasteiger partial charge in [0.25, 0.3) is 0 Å². The Morgan fingerprint density at radius 2 is 0.733 bits per heavy atom. The zero-order valence-corrected chi connectivity index (χ0v) is 10.2. The monoisotopic (exact) mass is 212 g/mol. The van der Waals surface area contributed by atoms with Gasteiger partial charge in [0.05, 0.1) is 0 Å². The molecule has 0 aromatic heterocycles. The van der Waals surface area contributed by atoms with E-state index in [0.29, 0.717) is 0 Å². The predicted octanol–water partition coefficient (Wildman–Crippen LogP) is 3.04. The van der Waals surface area contributed by atoms with Crippen molar-refractivity contribution < 1.29 is 0 Å². The molecule has 0 bridgehead atoms. The molecule has 0 amide bonds. The highest BCUT2D eigenvalue weighted by molar-refractivity contribution is 4.53. The zero-order valence-electron chi connectivity index (χ0n) is 10.2. The summed E-state index contributed by atoms with van der Waals surface area (Å²) >= 11 is 0. The fraction of sp³-hybridized carbons (Fsp3) is 1.00. The van der Waals surface area contributed by atoms with Crippen molar-refractivity contribution in [2.24, 2.45) is 0 Å². The third kappa shape index (κ3) is 8.88. The van der Waals surface area contributed by atoms with Crippen molar-refractivity contribution in [2.45, 2.75) is 64.2 Å². The van der Waals surface area contributed by atoms with Crippen LogP contribution in [-0.4, -0.2) is 19.8 Å². The summed E-state index contributed by atoms with van der Waals surface area (Å²) in [6.07, 6.45) is 14.2. The van der Waals surface area contributed by atoms with Crippen molar-refractivity contribution in [3.63, 3.8) is 0 Å². The molecule has 1 saturated heterocycles. The lowest BCUT2D eigenvalue weighted by Crippen LogP contribution is -2.30. The number of rotatable bonds is 0. The molecule has 2 nitrogen and oxygen atoms in total. The van der Waals surface area contributed by atoms with E-state index in [2.05, 4.69) is 10.6 Å². The number of nitrogens with one attached hydrogen (secondary N) is 2. The molecule has 0 aromatic rings. The first-order chi connectivity index (χ1) is 7.50. The number of hydrogen-bond acceptors (Lipinski definition) is 2. The van der Waals surface area contributed by atoms with E-state index >= 15 is 0 Å². The lowest BCUT2D eigenvalue weighted by molar-refractivity contribution is 0.535. The maximum atomic E-state index is 3.44. The molecule has 0 unspecified atom stereocenters. The minimum absolute atomic E-state index is 1.00. The van der Waals surface area contributed by atoms with Gasteiger partial charge in [-0.05, 0) is 25.9 Å². The van der Waals surface area contributed by atoms with E-state index in [1.807, 2.05) is 0 Å². The molecule has 0 spiro atoms. The van der Waals surface area contributed by atoms with Crippen LogP contribution in [0.2, 0.25) is 0 Å². The van der Waals surface area contributed by atoms with E-state index in [1.165, 1.54) is 77.3 Å². The van der Waals surface area contributed by atoms with Crippen LogP contribution in [0.1, 0.15) is 64.2 Å². The third-order valence-corrected chi connectivity index (χ3v) is 3.21. The Bertz CT molecular complexity index is 67.1. The molecule has 1 heterocycles. The highest BCUT2D eigenvalue weighted by Gasteiger charge is 1.95. The zero-order chi connectivity index (χ0) is 10.6. The average molecular weight is 212 g/mol. The highest BCUT2D eigenvalue weighted by atomic mass is 15.0. The molecule has 1 rings (SSSR count). The average Bonchev–Trinajstić information content (AvgIpc) is 2.27. The minimum atomic E-state index is 1.00. The van der Waals surface area contributed by atoms with Crippen LogP contribution in [0.4, 0.5) is 0 Å². The molecule has 90 valence electrons. The summed E-state index contributed by atoms with van der Waals surface area (Å²) in [5, 5.41) is 6.89. The van der Waals surface area contributed by atoms with E-state index in [4.69, 9.17) is 0 Å². The first-order valence-electron chi connectivity index (χ1n) is 6.91. The topological polar surface area (TPSA) is 24.1 Å². The first kappa shape index (κ1) is 13.0. The van der Waals surface area contributed by atoms with E-state index in [9.17, 15) is 0 Å². The van der Waals surface area contributed by atoms with Crippen molar-refractivity contribution >= 4 is 0 Å². The predicted molar refractivity (Wildman–Crippen MR) is 67.0 cm³/mol. The van der Waals surface area contributed by atoms with Crippen LogP contribution in [0.5, 0.6) is 0 Å². The van der Waals surface area contributed by atoms with Gasteiger partial charge >= 0.3 is 0 Å². The van der Waals surface area contributed by atoms with E-state index in [-0.39, 0.29) is 0 Å². The van der Waals surface area contributed by atoms with Crippen LogP contribution < -0.4 is 10.6 Å². The Balaban J connectivity index is 2.01. The Hall–Kier alpha value is -0.0800. The quantitative estimate of drug-likeness (QED) is 0.645. The van der Waals surface area contributed by atoms with Crippen molar-refractivity contribution in [3.8, 4) is 0 Å². The fourth-order valence-corrected chi connectivity index (χ4v) is 2.18. The van der Waals surface area contributed by atoms with Crippen LogP contribution in [-0.2, 0) is 0 Å². The van der Waals surface area contributed by atoms with Crippen molar-refractivity contribution in [1.29, 1.82) is 0 Å². The standard InChI is InChI=1S/C13H28N2/c1-2-4-6-8-10-12-15-13-14-11-9-7-5-3-1/h14-15H,1-13H2. The Labute approximate surface area is 95.2 Å². The Morgan fingerprint density at radius 1 is 0.400 bits per heavy atom. The second-order valence-corrected chi connectivity index (χ2v) is 4.71. The van der Waals surface area contributed by atoms with E-state index < -0.39 is 0 Å².